The second-order valence-corrected chi connectivity index (χ2v) is 4.34. The molecule has 22 heavy (non-hydrogen) atoms. The maximum absolute atomic E-state index is 12.8. The summed E-state index contributed by atoms with van der Waals surface area (Å²) in [6.07, 6.45) is 0. The van der Waals surface area contributed by atoms with Gasteiger partial charge in [0.25, 0.3) is 5.91 Å². The highest BCUT2D eigenvalue weighted by molar-refractivity contribution is 5.97. The lowest BCUT2D eigenvalue weighted by molar-refractivity contribution is 0.0689. The number of hydrogen-bond donors (Lipinski definition) is 4. The maximum atomic E-state index is 12.8. The van der Waals surface area contributed by atoms with Gasteiger partial charge in [0, 0.05) is 12.6 Å². The number of nitrogens with one attached hydrogen (secondary N) is 1. The molecule has 0 aliphatic carbocycles. The highest BCUT2D eigenvalue weighted by atomic mass is 19.1. The average Bonchev–Trinajstić information content (AvgIpc) is 2.48. The second kappa shape index (κ2) is 6.08. The van der Waals surface area contributed by atoms with Crippen LogP contribution in [0.15, 0.2) is 30.3 Å². The van der Waals surface area contributed by atoms with Crippen molar-refractivity contribution in [2.75, 3.05) is 0 Å². The predicted molar refractivity (Wildman–Crippen MR) is 72.1 cm³/mol. The summed E-state index contributed by atoms with van der Waals surface area (Å²) in [7, 11) is 0. The van der Waals surface area contributed by atoms with Crippen molar-refractivity contribution in [1.82, 2.24) is 10.3 Å². The summed E-state index contributed by atoms with van der Waals surface area (Å²) in [6.45, 7) is 0.0122. The number of amides is 1. The molecule has 1 aromatic carbocycles. The van der Waals surface area contributed by atoms with Crippen LogP contribution in [0.25, 0.3) is 0 Å². The van der Waals surface area contributed by atoms with Gasteiger partial charge < -0.3 is 20.6 Å². The van der Waals surface area contributed by atoms with Crippen molar-refractivity contribution in [3.63, 3.8) is 0 Å². The number of halogens is 1. The van der Waals surface area contributed by atoms with Crippen molar-refractivity contribution in [3.05, 3.63) is 53.1 Å². The van der Waals surface area contributed by atoms with E-state index in [2.05, 4.69) is 10.3 Å². The normalized spacial score (nSPS) is 10.2. The van der Waals surface area contributed by atoms with Crippen molar-refractivity contribution in [1.29, 1.82) is 0 Å². The number of hydrogen-bond acceptors (Lipinski definition) is 5. The molecule has 0 fully saturated rings. The summed E-state index contributed by atoms with van der Waals surface area (Å²) in [5.74, 6) is -4.34. The van der Waals surface area contributed by atoms with Crippen LogP contribution in [0.4, 0.5) is 4.39 Å². The van der Waals surface area contributed by atoms with E-state index in [-0.39, 0.29) is 6.54 Å². The molecular weight excluding hydrogens is 295 g/mol. The lowest BCUT2D eigenvalue weighted by Crippen LogP contribution is -2.24. The van der Waals surface area contributed by atoms with Gasteiger partial charge in [-0.2, -0.15) is 0 Å². The van der Waals surface area contributed by atoms with Crippen molar-refractivity contribution in [2.45, 2.75) is 6.54 Å². The lowest BCUT2D eigenvalue weighted by Gasteiger charge is -2.08. The zero-order valence-electron chi connectivity index (χ0n) is 11.1. The van der Waals surface area contributed by atoms with E-state index in [1.807, 2.05) is 0 Å². The number of carboxylic acids is 1. The van der Waals surface area contributed by atoms with Gasteiger partial charge >= 0.3 is 5.97 Å². The number of rotatable bonds is 4. The van der Waals surface area contributed by atoms with E-state index < -0.39 is 40.6 Å². The van der Waals surface area contributed by atoms with Crippen LogP contribution in [-0.4, -0.2) is 32.2 Å². The molecule has 0 aliphatic rings. The molecule has 2 rings (SSSR count). The number of carbonyl (C=O) groups is 2. The molecule has 1 aromatic heterocycles. The fraction of sp³-hybridized carbons (Fsp3) is 0.0714. The first-order valence-electron chi connectivity index (χ1n) is 6.07. The Balaban J connectivity index is 2.18. The molecule has 0 bridgehead atoms. The molecule has 0 unspecified atom stereocenters. The van der Waals surface area contributed by atoms with E-state index in [4.69, 9.17) is 5.11 Å². The maximum Gasteiger partial charge on any atom is 0.354 e. The largest absolute Gasteiger partial charge is 0.504 e. The van der Waals surface area contributed by atoms with Crippen LogP contribution >= 0.6 is 0 Å². The molecule has 0 radical (unpaired) electrons. The molecule has 0 saturated heterocycles. The molecule has 2 aromatic rings. The van der Waals surface area contributed by atoms with Crippen LogP contribution in [0.2, 0.25) is 0 Å². The first kappa shape index (κ1) is 15.2. The standard InChI is InChI=1S/C14H11FN2O5/c15-8-3-1-7(2-4-8)6-16-13(20)11-12(19)10(18)5-9(17-11)14(21)22/h1-5,19H,6H2,(H,16,20)(H,17,18)(H,21,22). The molecule has 0 saturated carbocycles. The molecule has 0 atom stereocenters. The van der Waals surface area contributed by atoms with Crippen molar-refractivity contribution in [3.8, 4) is 11.5 Å². The van der Waals surface area contributed by atoms with Gasteiger partial charge in [-0.05, 0) is 17.7 Å². The fourth-order valence-corrected chi connectivity index (χ4v) is 1.66. The molecule has 4 N–H and O–H groups in total. The molecule has 0 spiro atoms. The Kier molecular flexibility index (Phi) is 4.21. The van der Waals surface area contributed by atoms with Gasteiger partial charge in [0.05, 0.1) is 0 Å². The summed E-state index contributed by atoms with van der Waals surface area (Å²) in [5, 5.41) is 30.2. The third-order valence-electron chi connectivity index (χ3n) is 2.77. The number of aromatic carboxylic acids is 1. The SMILES string of the molecule is O=C(O)c1cc(O)c(O)c(C(=O)NCc2ccc(F)cc2)n1. The van der Waals surface area contributed by atoms with Crippen LogP contribution in [0.5, 0.6) is 11.5 Å². The summed E-state index contributed by atoms with van der Waals surface area (Å²) in [5.41, 5.74) is -0.602. The Morgan fingerprint density at radius 2 is 1.82 bits per heavy atom. The van der Waals surface area contributed by atoms with Gasteiger partial charge in [-0.1, -0.05) is 12.1 Å². The predicted octanol–water partition coefficient (Wildman–Crippen LogP) is 1.26. The molecule has 114 valence electrons. The molecule has 1 amide bonds. The lowest BCUT2D eigenvalue weighted by atomic mass is 10.2. The molecule has 7 nitrogen and oxygen atoms in total. The van der Waals surface area contributed by atoms with E-state index in [0.717, 1.165) is 6.07 Å². The summed E-state index contributed by atoms with van der Waals surface area (Å²) in [4.78, 5) is 26.2. The quantitative estimate of drug-likeness (QED) is 0.675. The van der Waals surface area contributed by atoms with Gasteiger partial charge in [-0.3, -0.25) is 4.79 Å². The Hall–Kier alpha value is -3.16. The van der Waals surface area contributed by atoms with Crippen molar-refractivity contribution >= 4 is 11.9 Å². The van der Waals surface area contributed by atoms with Crippen LogP contribution < -0.4 is 5.32 Å². The van der Waals surface area contributed by atoms with Crippen molar-refractivity contribution in [2.24, 2.45) is 0 Å². The zero-order chi connectivity index (χ0) is 16.3. The number of carbonyl (C=O) groups excluding carboxylic acids is 1. The topological polar surface area (TPSA) is 120 Å². The van der Waals surface area contributed by atoms with E-state index in [1.54, 1.807) is 0 Å². The van der Waals surface area contributed by atoms with E-state index in [0.29, 0.717) is 5.56 Å². The first-order valence-corrected chi connectivity index (χ1v) is 6.07. The number of carboxylic acid groups (broad SMARTS) is 1. The van der Waals surface area contributed by atoms with Gasteiger partial charge in [-0.25, -0.2) is 14.2 Å². The van der Waals surface area contributed by atoms with Crippen LogP contribution in [-0.2, 0) is 6.54 Å². The van der Waals surface area contributed by atoms with Gasteiger partial charge in [0.15, 0.2) is 22.9 Å². The smallest absolute Gasteiger partial charge is 0.354 e. The van der Waals surface area contributed by atoms with Gasteiger partial charge in [-0.15, -0.1) is 0 Å². The van der Waals surface area contributed by atoms with Crippen LogP contribution in [0, 0.1) is 5.82 Å². The number of nitrogens with zero attached hydrogens (tertiary/aromatic N) is 1. The summed E-state index contributed by atoms with van der Waals surface area (Å²) >= 11 is 0. The zero-order valence-corrected chi connectivity index (χ0v) is 11.1. The molecule has 8 heteroatoms. The minimum Gasteiger partial charge on any atom is -0.504 e. The number of benzene rings is 1. The van der Waals surface area contributed by atoms with Gasteiger partial charge in [0.2, 0.25) is 0 Å². The third kappa shape index (κ3) is 3.29. The molecular formula is C14H11FN2O5. The average molecular weight is 306 g/mol. The van der Waals surface area contributed by atoms with E-state index in [9.17, 15) is 24.2 Å². The highest BCUT2D eigenvalue weighted by Gasteiger charge is 2.20. The number of pyridine rings is 1. The first-order chi connectivity index (χ1) is 10.4. The highest BCUT2D eigenvalue weighted by Crippen LogP contribution is 2.28. The summed E-state index contributed by atoms with van der Waals surface area (Å²) < 4.78 is 12.8. The molecule has 1 heterocycles. The van der Waals surface area contributed by atoms with E-state index in [1.165, 1.54) is 24.3 Å². The summed E-state index contributed by atoms with van der Waals surface area (Å²) in [6, 6.07) is 6.07. The van der Waals surface area contributed by atoms with Gasteiger partial charge in [0.1, 0.15) is 5.82 Å². The Morgan fingerprint density at radius 3 is 2.41 bits per heavy atom. The Bertz CT molecular complexity index is 731. The number of aromatic hydroxyl groups is 2. The minimum absolute atomic E-state index is 0.0122. The second-order valence-electron chi connectivity index (χ2n) is 4.34. The van der Waals surface area contributed by atoms with Crippen LogP contribution in [0.1, 0.15) is 26.5 Å². The molecule has 0 aliphatic heterocycles. The Morgan fingerprint density at radius 1 is 1.18 bits per heavy atom. The van der Waals surface area contributed by atoms with Crippen molar-refractivity contribution < 1.29 is 29.3 Å². The third-order valence-corrected chi connectivity index (χ3v) is 2.77. The monoisotopic (exact) mass is 306 g/mol. The Labute approximate surface area is 123 Å². The van der Waals surface area contributed by atoms with E-state index >= 15 is 0 Å². The fourth-order valence-electron chi connectivity index (χ4n) is 1.66. The van der Waals surface area contributed by atoms with Crippen LogP contribution in [0.3, 0.4) is 0 Å². The number of aromatic nitrogens is 1. The minimum atomic E-state index is -1.46.